The van der Waals surface area contributed by atoms with Gasteiger partial charge >= 0.3 is 0 Å². The minimum atomic E-state index is -3.78. The van der Waals surface area contributed by atoms with Crippen LogP contribution in [0.5, 0.6) is 5.75 Å². The minimum absolute atomic E-state index is 0.0880. The Bertz CT molecular complexity index is 955. The molecule has 0 bridgehead atoms. The first kappa shape index (κ1) is 22.0. The van der Waals surface area contributed by atoms with Gasteiger partial charge in [0.25, 0.3) is 15.9 Å². The summed E-state index contributed by atoms with van der Waals surface area (Å²) in [5.74, 6) is -0.269. The third-order valence-electron chi connectivity index (χ3n) is 3.74. The smallest absolute Gasteiger partial charge is 0.269 e. The number of sulfonamides is 1. The first-order valence-corrected chi connectivity index (χ1v) is 10.4. The molecule has 8 nitrogen and oxygen atoms in total. The molecule has 2 amide bonds. The van der Waals surface area contributed by atoms with Crippen LogP contribution in [0.15, 0.2) is 66.1 Å². The van der Waals surface area contributed by atoms with E-state index in [0.717, 1.165) is 0 Å². The van der Waals surface area contributed by atoms with Crippen molar-refractivity contribution in [3.05, 3.63) is 66.7 Å². The predicted octanol–water partition coefficient (Wildman–Crippen LogP) is 2.61. The van der Waals surface area contributed by atoms with Gasteiger partial charge in [0.2, 0.25) is 5.91 Å². The Hall–Kier alpha value is -3.33. The van der Waals surface area contributed by atoms with E-state index in [1.807, 2.05) is 6.92 Å². The number of amides is 2. The van der Waals surface area contributed by atoms with E-state index in [-0.39, 0.29) is 22.8 Å². The monoisotopic (exact) mass is 417 g/mol. The average Bonchev–Trinajstić information content (AvgIpc) is 2.71. The molecule has 2 rings (SSSR count). The molecule has 2 aromatic rings. The Morgan fingerprint density at radius 2 is 1.69 bits per heavy atom. The van der Waals surface area contributed by atoms with Gasteiger partial charge in [0.1, 0.15) is 5.75 Å². The van der Waals surface area contributed by atoms with Gasteiger partial charge in [-0.2, -0.15) is 0 Å². The zero-order chi connectivity index (χ0) is 21.3. The first-order valence-electron chi connectivity index (χ1n) is 8.91. The highest BCUT2D eigenvalue weighted by Gasteiger charge is 2.15. The quantitative estimate of drug-likeness (QED) is 0.429. The molecule has 0 atom stereocenters. The van der Waals surface area contributed by atoms with Crippen molar-refractivity contribution >= 4 is 27.5 Å². The summed E-state index contributed by atoms with van der Waals surface area (Å²) >= 11 is 0. The minimum Gasteiger partial charge on any atom is -0.494 e. The molecule has 0 unspecified atom stereocenters. The lowest BCUT2D eigenvalue weighted by Crippen LogP contribution is -2.41. The highest BCUT2D eigenvalue weighted by Crippen LogP contribution is 2.19. The number of hydrogen-bond acceptors (Lipinski definition) is 5. The summed E-state index contributed by atoms with van der Waals surface area (Å²) < 4.78 is 32.7. The summed E-state index contributed by atoms with van der Waals surface area (Å²) in [6.07, 6.45) is 2.33. The van der Waals surface area contributed by atoms with Gasteiger partial charge in [-0.25, -0.2) is 8.42 Å². The Morgan fingerprint density at radius 1 is 1.03 bits per heavy atom. The standard InChI is InChI=1S/C20H23N3O5S/c1-3-5-6-19(24)21-22-20(25)15-7-9-16(10-8-15)23-29(26,27)18-13-11-17(12-14-18)28-4-2/h3,7-14,23H,1,4-6H2,2H3,(H,21,24)(H,22,25). The highest BCUT2D eigenvalue weighted by molar-refractivity contribution is 7.92. The summed E-state index contributed by atoms with van der Waals surface area (Å²) in [5.41, 5.74) is 5.15. The molecule has 0 saturated heterocycles. The molecule has 0 heterocycles. The van der Waals surface area contributed by atoms with Crippen LogP contribution in [0.3, 0.4) is 0 Å². The summed E-state index contributed by atoms with van der Waals surface area (Å²) in [7, 11) is -3.78. The van der Waals surface area contributed by atoms with Crippen molar-refractivity contribution in [1.82, 2.24) is 10.9 Å². The second kappa shape index (κ2) is 10.3. The lowest BCUT2D eigenvalue weighted by Gasteiger charge is -2.10. The van der Waals surface area contributed by atoms with Crippen LogP contribution in [0.2, 0.25) is 0 Å². The molecule has 29 heavy (non-hydrogen) atoms. The number of carbonyl (C=O) groups excluding carboxylic acids is 2. The summed E-state index contributed by atoms with van der Waals surface area (Å²) in [6, 6.07) is 11.9. The van der Waals surface area contributed by atoms with Crippen LogP contribution in [0.25, 0.3) is 0 Å². The second-order valence-corrected chi connectivity index (χ2v) is 7.60. The summed E-state index contributed by atoms with van der Waals surface area (Å²) in [5, 5.41) is 0. The van der Waals surface area contributed by atoms with E-state index in [2.05, 4.69) is 22.2 Å². The van der Waals surface area contributed by atoms with Gasteiger partial charge in [-0.3, -0.25) is 25.2 Å². The number of ether oxygens (including phenoxy) is 1. The molecule has 0 aliphatic heterocycles. The van der Waals surface area contributed by atoms with Gasteiger partial charge in [0, 0.05) is 17.7 Å². The van der Waals surface area contributed by atoms with Crippen molar-refractivity contribution < 1.29 is 22.7 Å². The number of carbonyl (C=O) groups is 2. The Balaban J connectivity index is 1.97. The van der Waals surface area contributed by atoms with E-state index in [9.17, 15) is 18.0 Å². The topological polar surface area (TPSA) is 114 Å². The van der Waals surface area contributed by atoms with Gasteiger partial charge in [-0.1, -0.05) is 6.08 Å². The predicted molar refractivity (Wildman–Crippen MR) is 110 cm³/mol. The molecule has 0 fully saturated rings. The van der Waals surface area contributed by atoms with E-state index in [4.69, 9.17) is 4.74 Å². The maximum atomic E-state index is 12.5. The molecule has 2 aromatic carbocycles. The van der Waals surface area contributed by atoms with Crippen LogP contribution in [-0.4, -0.2) is 26.8 Å². The Morgan fingerprint density at radius 3 is 2.28 bits per heavy atom. The van der Waals surface area contributed by atoms with Crippen molar-refractivity contribution in [3.63, 3.8) is 0 Å². The average molecular weight is 417 g/mol. The van der Waals surface area contributed by atoms with E-state index in [1.165, 1.54) is 36.4 Å². The molecule has 9 heteroatoms. The lowest BCUT2D eigenvalue weighted by molar-refractivity contribution is -0.121. The van der Waals surface area contributed by atoms with Gasteiger partial charge in [0.05, 0.1) is 11.5 Å². The van der Waals surface area contributed by atoms with Crippen LogP contribution in [0.4, 0.5) is 5.69 Å². The van der Waals surface area contributed by atoms with Crippen LogP contribution in [0, 0.1) is 0 Å². The molecule has 0 saturated carbocycles. The van der Waals surface area contributed by atoms with E-state index >= 15 is 0 Å². The van der Waals surface area contributed by atoms with Crippen LogP contribution in [0.1, 0.15) is 30.1 Å². The molecule has 0 spiro atoms. The maximum absolute atomic E-state index is 12.5. The van der Waals surface area contributed by atoms with Crippen LogP contribution in [-0.2, 0) is 14.8 Å². The lowest BCUT2D eigenvalue weighted by atomic mass is 10.2. The zero-order valence-corrected chi connectivity index (χ0v) is 16.8. The van der Waals surface area contributed by atoms with Gasteiger partial charge in [0.15, 0.2) is 0 Å². The molecule has 154 valence electrons. The zero-order valence-electron chi connectivity index (χ0n) is 16.0. The number of rotatable bonds is 9. The molecule has 0 aromatic heterocycles. The van der Waals surface area contributed by atoms with Crippen molar-refractivity contribution in [2.24, 2.45) is 0 Å². The number of anilines is 1. The molecular weight excluding hydrogens is 394 g/mol. The number of allylic oxidation sites excluding steroid dienone is 1. The summed E-state index contributed by atoms with van der Waals surface area (Å²) in [6.45, 7) is 5.85. The van der Waals surface area contributed by atoms with Crippen molar-refractivity contribution in [2.75, 3.05) is 11.3 Å². The molecular formula is C20H23N3O5S. The van der Waals surface area contributed by atoms with E-state index in [0.29, 0.717) is 24.5 Å². The number of nitrogens with one attached hydrogen (secondary N) is 3. The normalized spacial score (nSPS) is 10.7. The fourth-order valence-corrected chi connectivity index (χ4v) is 3.34. The van der Waals surface area contributed by atoms with Crippen molar-refractivity contribution in [1.29, 1.82) is 0 Å². The molecule has 0 aliphatic carbocycles. The Kier molecular flexibility index (Phi) is 7.79. The van der Waals surface area contributed by atoms with Crippen molar-refractivity contribution in [2.45, 2.75) is 24.7 Å². The second-order valence-electron chi connectivity index (χ2n) is 5.92. The summed E-state index contributed by atoms with van der Waals surface area (Å²) in [4.78, 5) is 23.6. The van der Waals surface area contributed by atoms with E-state index < -0.39 is 15.9 Å². The maximum Gasteiger partial charge on any atom is 0.269 e. The van der Waals surface area contributed by atoms with Crippen LogP contribution >= 0.6 is 0 Å². The van der Waals surface area contributed by atoms with Gasteiger partial charge in [-0.15, -0.1) is 6.58 Å². The number of hydrazine groups is 1. The van der Waals surface area contributed by atoms with E-state index in [1.54, 1.807) is 18.2 Å². The fraction of sp³-hybridized carbons (Fsp3) is 0.200. The third kappa shape index (κ3) is 6.65. The number of hydrogen-bond donors (Lipinski definition) is 3. The van der Waals surface area contributed by atoms with Gasteiger partial charge < -0.3 is 4.74 Å². The Labute approximate surface area is 170 Å². The van der Waals surface area contributed by atoms with Crippen LogP contribution < -0.4 is 20.3 Å². The first-order chi connectivity index (χ1) is 13.9. The SMILES string of the molecule is C=CCCC(=O)NNC(=O)c1ccc(NS(=O)(=O)c2ccc(OCC)cc2)cc1. The molecule has 3 N–H and O–H groups in total. The van der Waals surface area contributed by atoms with Gasteiger partial charge in [-0.05, 0) is 61.9 Å². The number of benzene rings is 2. The third-order valence-corrected chi connectivity index (χ3v) is 5.13. The highest BCUT2D eigenvalue weighted by atomic mass is 32.2. The molecule has 0 radical (unpaired) electrons. The fourth-order valence-electron chi connectivity index (χ4n) is 2.28. The van der Waals surface area contributed by atoms with Crippen molar-refractivity contribution in [3.8, 4) is 5.75 Å². The largest absolute Gasteiger partial charge is 0.494 e. The molecule has 0 aliphatic rings.